The number of hydrogen-bond acceptors (Lipinski definition) is 5. The van der Waals surface area contributed by atoms with Crippen LogP contribution in [0.4, 0.5) is 0 Å². The lowest BCUT2D eigenvalue weighted by atomic mass is 9.44. The zero-order valence-corrected chi connectivity index (χ0v) is 18.3. The summed E-state index contributed by atoms with van der Waals surface area (Å²) in [6.07, 6.45) is 10.5. The summed E-state index contributed by atoms with van der Waals surface area (Å²) in [5.74, 6) is 2.47. The molecule has 0 aromatic rings. The van der Waals surface area contributed by atoms with Gasteiger partial charge in [0.25, 0.3) is 10.1 Å². The molecular formula is C22H36O5S. The Hall–Kier alpha value is -0.460. The molecule has 0 heterocycles. The van der Waals surface area contributed by atoms with Crippen LogP contribution in [-0.4, -0.2) is 38.3 Å². The Balaban J connectivity index is 1.51. The van der Waals surface area contributed by atoms with E-state index in [0.29, 0.717) is 29.1 Å². The molecule has 0 spiro atoms. The highest BCUT2D eigenvalue weighted by Crippen LogP contribution is 2.67. The first-order valence-corrected chi connectivity index (χ1v) is 12.9. The summed E-state index contributed by atoms with van der Waals surface area (Å²) < 4.78 is 27.4. The summed E-state index contributed by atoms with van der Waals surface area (Å²) in [5, 5.41) is 10.2. The fourth-order valence-electron chi connectivity index (χ4n) is 8.03. The quantitative estimate of drug-likeness (QED) is 0.714. The highest BCUT2D eigenvalue weighted by molar-refractivity contribution is 7.86. The molecule has 28 heavy (non-hydrogen) atoms. The second-order valence-electron chi connectivity index (χ2n) is 10.7. The monoisotopic (exact) mass is 412 g/mol. The standard InChI is InChI=1S/C22H36O5S/c1-21-10-8-15(23)12-14(21)4-5-16-17-6-7-19(20(24)13-27-28(3,25)26)22(17,2)11-9-18(16)21/h14-19,23H,4-13H2,1-3H3/t14?,15?,16-,17-,18-,19+,21-,22-/m0/s1. The molecule has 0 bridgehead atoms. The first-order chi connectivity index (χ1) is 13.0. The van der Waals surface area contributed by atoms with Gasteiger partial charge in [-0.3, -0.25) is 8.98 Å². The van der Waals surface area contributed by atoms with Gasteiger partial charge in [-0.2, -0.15) is 8.42 Å². The average Bonchev–Trinajstić information content (AvgIpc) is 2.97. The number of Topliss-reactive ketones (excluding diaryl/α,β-unsaturated/α-hetero) is 1. The minimum Gasteiger partial charge on any atom is -0.393 e. The highest BCUT2D eigenvalue weighted by atomic mass is 32.2. The van der Waals surface area contributed by atoms with Crippen molar-refractivity contribution >= 4 is 15.9 Å². The van der Waals surface area contributed by atoms with Crippen LogP contribution in [-0.2, 0) is 19.1 Å². The molecular weight excluding hydrogens is 376 g/mol. The summed E-state index contributed by atoms with van der Waals surface area (Å²) in [6.45, 7) is 4.45. The van der Waals surface area contributed by atoms with Crippen LogP contribution in [0, 0.1) is 40.4 Å². The van der Waals surface area contributed by atoms with Gasteiger partial charge in [-0.15, -0.1) is 0 Å². The van der Waals surface area contributed by atoms with E-state index in [4.69, 9.17) is 4.18 Å². The van der Waals surface area contributed by atoms with Gasteiger partial charge >= 0.3 is 0 Å². The SMILES string of the molecule is C[C@]12CC[C@H]3[C@@H](CCC4CC(O)CC[C@@]43C)[C@@H]1CC[C@@H]2C(=O)COS(C)(=O)=O. The van der Waals surface area contributed by atoms with Crippen molar-refractivity contribution in [3.8, 4) is 0 Å². The van der Waals surface area contributed by atoms with E-state index in [0.717, 1.165) is 51.2 Å². The third-order valence-electron chi connectivity index (χ3n) is 9.44. The minimum absolute atomic E-state index is 0.0174. The van der Waals surface area contributed by atoms with Gasteiger partial charge in [0.05, 0.1) is 12.4 Å². The van der Waals surface area contributed by atoms with Crippen LogP contribution in [0.3, 0.4) is 0 Å². The van der Waals surface area contributed by atoms with Crippen molar-refractivity contribution in [3.63, 3.8) is 0 Å². The van der Waals surface area contributed by atoms with Gasteiger partial charge in [-0.05, 0) is 92.3 Å². The third kappa shape index (κ3) is 3.37. The van der Waals surface area contributed by atoms with Crippen LogP contribution in [0.1, 0.15) is 71.6 Å². The lowest BCUT2D eigenvalue weighted by Gasteiger charge is -2.60. The Bertz CT molecular complexity index is 733. The van der Waals surface area contributed by atoms with Crippen LogP contribution >= 0.6 is 0 Å². The Morgan fingerprint density at radius 2 is 1.68 bits per heavy atom. The molecule has 5 nitrogen and oxygen atoms in total. The molecule has 0 radical (unpaired) electrons. The van der Waals surface area contributed by atoms with Crippen LogP contribution in [0.2, 0.25) is 0 Å². The molecule has 0 saturated heterocycles. The van der Waals surface area contributed by atoms with E-state index in [1.54, 1.807) is 0 Å². The maximum absolute atomic E-state index is 12.8. The van der Waals surface area contributed by atoms with Crippen molar-refractivity contribution in [1.82, 2.24) is 0 Å². The molecule has 4 saturated carbocycles. The first kappa shape index (κ1) is 20.8. The van der Waals surface area contributed by atoms with Gasteiger partial charge in [0.2, 0.25) is 0 Å². The van der Waals surface area contributed by atoms with Gasteiger partial charge in [-0.1, -0.05) is 13.8 Å². The van der Waals surface area contributed by atoms with E-state index < -0.39 is 10.1 Å². The van der Waals surface area contributed by atoms with Crippen molar-refractivity contribution in [3.05, 3.63) is 0 Å². The predicted molar refractivity (Wildman–Crippen MR) is 107 cm³/mol. The molecule has 4 aliphatic rings. The van der Waals surface area contributed by atoms with Gasteiger partial charge in [0.15, 0.2) is 5.78 Å². The number of hydrogen-bond donors (Lipinski definition) is 1. The summed E-state index contributed by atoms with van der Waals surface area (Å²) in [5.41, 5.74) is 0.321. The van der Waals surface area contributed by atoms with Crippen LogP contribution in [0.5, 0.6) is 0 Å². The van der Waals surface area contributed by atoms with Crippen LogP contribution in [0.25, 0.3) is 0 Å². The molecule has 4 fully saturated rings. The normalized spacial score (nSPS) is 48.4. The predicted octanol–water partition coefficient (Wildman–Crippen LogP) is 3.55. The topological polar surface area (TPSA) is 80.7 Å². The number of rotatable bonds is 4. The number of carbonyl (C=O) groups excluding carboxylic acids is 1. The van der Waals surface area contributed by atoms with Gasteiger partial charge in [-0.25, -0.2) is 0 Å². The second-order valence-corrected chi connectivity index (χ2v) is 12.3. The maximum atomic E-state index is 12.8. The van der Waals surface area contributed by atoms with E-state index in [1.165, 1.54) is 12.8 Å². The van der Waals surface area contributed by atoms with Crippen molar-refractivity contribution in [2.75, 3.05) is 12.9 Å². The smallest absolute Gasteiger partial charge is 0.264 e. The summed E-state index contributed by atoms with van der Waals surface area (Å²) >= 11 is 0. The number of aliphatic hydroxyl groups excluding tert-OH is 1. The summed E-state index contributed by atoms with van der Waals surface area (Å²) in [6, 6.07) is 0. The molecule has 6 heteroatoms. The largest absolute Gasteiger partial charge is 0.393 e. The molecule has 0 aliphatic heterocycles. The zero-order chi connectivity index (χ0) is 20.3. The minimum atomic E-state index is -3.58. The fraction of sp³-hybridized carbons (Fsp3) is 0.955. The first-order valence-electron chi connectivity index (χ1n) is 11.1. The number of fused-ring (bicyclic) bond motifs is 5. The molecule has 0 aromatic heterocycles. The van der Waals surface area contributed by atoms with E-state index in [9.17, 15) is 18.3 Å². The van der Waals surface area contributed by atoms with Gasteiger partial charge < -0.3 is 5.11 Å². The van der Waals surface area contributed by atoms with E-state index in [2.05, 4.69) is 13.8 Å². The maximum Gasteiger partial charge on any atom is 0.264 e. The number of carbonyl (C=O) groups is 1. The van der Waals surface area contributed by atoms with E-state index in [-0.39, 0.29) is 29.8 Å². The Morgan fingerprint density at radius 3 is 2.39 bits per heavy atom. The molecule has 4 rings (SSSR count). The molecule has 2 unspecified atom stereocenters. The van der Waals surface area contributed by atoms with Gasteiger partial charge in [0.1, 0.15) is 6.61 Å². The van der Waals surface area contributed by atoms with Crippen molar-refractivity contribution in [1.29, 1.82) is 0 Å². The molecule has 160 valence electrons. The molecule has 0 amide bonds. The lowest BCUT2D eigenvalue weighted by Crippen LogP contribution is -2.54. The molecule has 0 aromatic carbocycles. The highest BCUT2D eigenvalue weighted by Gasteiger charge is 2.61. The molecule has 8 atom stereocenters. The molecule has 1 N–H and O–H groups in total. The number of aliphatic hydroxyl groups is 1. The van der Waals surface area contributed by atoms with Crippen molar-refractivity contribution in [2.24, 2.45) is 40.4 Å². The van der Waals surface area contributed by atoms with E-state index in [1.807, 2.05) is 0 Å². The lowest BCUT2D eigenvalue weighted by molar-refractivity contribution is -0.141. The Labute approximate surface area is 169 Å². The zero-order valence-electron chi connectivity index (χ0n) is 17.5. The van der Waals surface area contributed by atoms with Crippen molar-refractivity contribution in [2.45, 2.75) is 77.7 Å². The average molecular weight is 413 g/mol. The Morgan fingerprint density at radius 1 is 1.00 bits per heavy atom. The number of ketones is 1. The van der Waals surface area contributed by atoms with Crippen LogP contribution in [0.15, 0.2) is 0 Å². The third-order valence-corrected chi connectivity index (χ3v) is 9.99. The summed E-state index contributed by atoms with van der Waals surface area (Å²) in [7, 11) is -3.58. The summed E-state index contributed by atoms with van der Waals surface area (Å²) in [4.78, 5) is 12.8. The molecule has 4 aliphatic carbocycles. The van der Waals surface area contributed by atoms with Crippen LogP contribution < -0.4 is 0 Å². The van der Waals surface area contributed by atoms with E-state index >= 15 is 0 Å². The van der Waals surface area contributed by atoms with Crippen molar-refractivity contribution < 1.29 is 22.5 Å². The second kappa shape index (κ2) is 7.05. The van der Waals surface area contributed by atoms with Gasteiger partial charge in [0, 0.05) is 5.92 Å². The Kier molecular flexibility index (Phi) is 5.24. The fourth-order valence-corrected chi connectivity index (χ4v) is 8.36.